The molecule has 1 aromatic carbocycles. The minimum absolute atomic E-state index is 0.350. The van der Waals surface area contributed by atoms with Gasteiger partial charge >= 0.3 is 6.03 Å². The fourth-order valence-electron chi connectivity index (χ4n) is 2.31. The van der Waals surface area contributed by atoms with Crippen LogP contribution in [0.2, 0.25) is 0 Å². The van der Waals surface area contributed by atoms with E-state index < -0.39 is 0 Å². The predicted molar refractivity (Wildman–Crippen MR) is 86.0 cm³/mol. The number of fused-ring (bicyclic) bond motifs is 1. The molecule has 2 heterocycles. The molecule has 0 atom stereocenters. The predicted octanol–water partition coefficient (Wildman–Crippen LogP) is 2.81. The van der Waals surface area contributed by atoms with Crippen molar-refractivity contribution in [3.05, 3.63) is 47.3 Å². The zero-order valence-electron chi connectivity index (χ0n) is 13.0. The third kappa shape index (κ3) is 3.28. The first kappa shape index (κ1) is 15.0. The molecule has 2 amide bonds. The number of nitrogens with zero attached hydrogens (tertiary/aromatic N) is 3. The number of amides is 2. The molecule has 0 saturated heterocycles. The second kappa shape index (κ2) is 6.43. The Bertz CT molecular complexity index is 843. The van der Waals surface area contributed by atoms with Crippen LogP contribution in [0.25, 0.3) is 10.9 Å². The number of benzene rings is 1. The van der Waals surface area contributed by atoms with Gasteiger partial charge in [-0.3, -0.25) is 5.32 Å². The lowest BCUT2D eigenvalue weighted by Crippen LogP contribution is -2.29. The van der Waals surface area contributed by atoms with Crippen molar-refractivity contribution in [2.45, 2.75) is 26.8 Å². The van der Waals surface area contributed by atoms with Gasteiger partial charge in [-0.2, -0.15) is 0 Å². The Balaban J connectivity index is 1.65. The van der Waals surface area contributed by atoms with Crippen molar-refractivity contribution in [1.82, 2.24) is 20.7 Å². The second-order valence-corrected chi connectivity index (χ2v) is 5.12. The molecule has 0 radical (unpaired) electrons. The quantitative estimate of drug-likeness (QED) is 0.773. The minimum Gasteiger partial charge on any atom is -0.361 e. The number of carbonyl (C=O) groups excluding carboxylic acids is 1. The maximum atomic E-state index is 12.0. The number of anilines is 1. The SMILES string of the molecule is CCc1onc(C)c1CNC(=O)Nc1cc2ccccc2nn1. The van der Waals surface area contributed by atoms with E-state index in [1.807, 2.05) is 38.1 Å². The highest BCUT2D eigenvalue weighted by Gasteiger charge is 2.12. The number of hydrogen-bond acceptors (Lipinski definition) is 5. The van der Waals surface area contributed by atoms with E-state index in [0.29, 0.717) is 12.4 Å². The van der Waals surface area contributed by atoms with Gasteiger partial charge in [-0.25, -0.2) is 4.79 Å². The molecule has 3 aromatic rings. The summed E-state index contributed by atoms with van der Waals surface area (Å²) in [6.07, 6.45) is 0.732. The van der Waals surface area contributed by atoms with Crippen LogP contribution in [-0.4, -0.2) is 21.4 Å². The molecule has 7 nitrogen and oxygen atoms in total. The lowest BCUT2D eigenvalue weighted by molar-refractivity contribution is 0.251. The first-order valence-electron chi connectivity index (χ1n) is 7.38. The van der Waals surface area contributed by atoms with Crippen molar-refractivity contribution < 1.29 is 9.32 Å². The Morgan fingerprint density at radius 1 is 1.26 bits per heavy atom. The maximum absolute atomic E-state index is 12.0. The van der Waals surface area contributed by atoms with E-state index >= 15 is 0 Å². The third-order valence-electron chi connectivity index (χ3n) is 3.55. The van der Waals surface area contributed by atoms with Crippen LogP contribution < -0.4 is 10.6 Å². The van der Waals surface area contributed by atoms with Gasteiger partial charge in [-0.1, -0.05) is 30.3 Å². The fraction of sp³-hybridized carbons (Fsp3) is 0.250. The van der Waals surface area contributed by atoms with Crippen molar-refractivity contribution in [2.24, 2.45) is 0 Å². The maximum Gasteiger partial charge on any atom is 0.320 e. The van der Waals surface area contributed by atoms with Crippen LogP contribution in [0.15, 0.2) is 34.9 Å². The molecule has 7 heteroatoms. The van der Waals surface area contributed by atoms with Gasteiger partial charge in [0.1, 0.15) is 5.76 Å². The molecule has 3 rings (SSSR count). The number of urea groups is 1. The highest BCUT2D eigenvalue weighted by Crippen LogP contribution is 2.15. The van der Waals surface area contributed by atoms with E-state index in [9.17, 15) is 4.79 Å². The lowest BCUT2D eigenvalue weighted by Gasteiger charge is -2.07. The van der Waals surface area contributed by atoms with Crippen LogP contribution >= 0.6 is 0 Å². The summed E-state index contributed by atoms with van der Waals surface area (Å²) in [4.78, 5) is 12.0. The zero-order chi connectivity index (χ0) is 16.2. The summed E-state index contributed by atoms with van der Waals surface area (Å²) in [5.74, 6) is 1.19. The minimum atomic E-state index is -0.350. The summed E-state index contributed by atoms with van der Waals surface area (Å²) < 4.78 is 5.20. The van der Waals surface area contributed by atoms with E-state index in [2.05, 4.69) is 26.0 Å². The summed E-state index contributed by atoms with van der Waals surface area (Å²) in [6.45, 7) is 4.19. The van der Waals surface area contributed by atoms with Crippen molar-refractivity contribution in [1.29, 1.82) is 0 Å². The smallest absolute Gasteiger partial charge is 0.320 e. The number of hydrogen-bond donors (Lipinski definition) is 2. The molecule has 0 saturated carbocycles. The summed E-state index contributed by atoms with van der Waals surface area (Å²) in [7, 11) is 0. The van der Waals surface area contributed by atoms with Gasteiger partial charge in [0.05, 0.1) is 11.2 Å². The molecule has 118 valence electrons. The molecule has 0 fully saturated rings. The Labute approximate surface area is 133 Å². The molecule has 0 aliphatic carbocycles. The molecule has 2 N–H and O–H groups in total. The normalized spacial score (nSPS) is 10.7. The highest BCUT2D eigenvalue weighted by molar-refractivity contribution is 5.90. The molecule has 0 unspecified atom stereocenters. The van der Waals surface area contributed by atoms with Crippen LogP contribution in [-0.2, 0) is 13.0 Å². The average Bonchev–Trinajstić information content (AvgIpc) is 2.93. The van der Waals surface area contributed by atoms with Crippen molar-refractivity contribution in [3.8, 4) is 0 Å². The Kier molecular flexibility index (Phi) is 4.18. The van der Waals surface area contributed by atoms with Gasteiger partial charge in [0.15, 0.2) is 5.82 Å². The molecule has 0 bridgehead atoms. The molecule has 2 aromatic heterocycles. The average molecular weight is 311 g/mol. The fourth-order valence-corrected chi connectivity index (χ4v) is 2.31. The van der Waals surface area contributed by atoms with Crippen LogP contribution in [0.5, 0.6) is 0 Å². The van der Waals surface area contributed by atoms with Gasteiger partial charge in [0.2, 0.25) is 0 Å². The van der Waals surface area contributed by atoms with E-state index in [0.717, 1.165) is 34.3 Å². The lowest BCUT2D eigenvalue weighted by atomic mass is 10.1. The number of aryl methyl sites for hydroxylation is 2. The van der Waals surface area contributed by atoms with Crippen molar-refractivity contribution in [2.75, 3.05) is 5.32 Å². The monoisotopic (exact) mass is 311 g/mol. The standard InChI is InChI=1S/C16H17N5O2/c1-3-14-12(10(2)21-23-14)9-17-16(22)18-15-8-11-6-4-5-7-13(11)19-20-15/h4-8H,3,9H2,1-2H3,(H2,17,18,20,22). The van der Waals surface area contributed by atoms with E-state index in [4.69, 9.17) is 4.52 Å². The first-order chi connectivity index (χ1) is 11.2. The number of aromatic nitrogens is 3. The molecular formula is C16H17N5O2. The zero-order valence-corrected chi connectivity index (χ0v) is 13.0. The summed E-state index contributed by atoms with van der Waals surface area (Å²) in [6, 6.07) is 9.02. The summed E-state index contributed by atoms with van der Waals surface area (Å²) in [5, 5.41) is 18.3. The Morgan fingerprint density at radius 3 is 2.91 bits per heavy atom. The molecule has 0 aliphatic rings. The van der Waals surface area contributed by atoms with Gasteiger partial charge in [0, 0.05) is 23.9 Å². The van der Waals surface area contributed by atoms with Crippen molar-refractivity contribution in [3.63, 3.8) is 0 Å². The van der Waals surface area contributed by atoms with Crippen LogP contribution in [0.1, 0.15) is 23.9 Å². The Morgan fingerprint density at radius 2 is 2.09 bits per heavy atom. The summed E-state index contributed by atoms with van der Waals surface area (Å²) in [5.41, 5.74) is 2.48. The van der Waals surface area contributed by atoms with Crippen LogP contribution in [0.3, 0.4) is 0 Å². The Hall–Kier alpha value is -2.96. The van der Waals surface area contributed by atoms with Gasteiger partial charge in [-0.05, 0) is 19.1 Å². The van der Waals surface area contributed by atoms with Gasteiger partial charge < -0.3 is 9.84 Å². The highest BCUT2D eigenvalue weighted by atomic mass is 16.5. The third-order valence-corrected chi connectivity index (χ3v) is 3.55. The van der Waals surface area contributed by atoms with Crippen molar-refractivity contribution >= 4 is 22.8 Å². The second-order valence-electron chi connectivity index (χ2n) is 5.12. The number of nitrogens with one attached hydrogen (secondary N) is 2. The topological polar surface area (TPSA) is 92.9 Å². The van der Waals surface area contributed by atoms with E-state index in [-0.39, 0.29) is 6.03 Å². The molecule has 0 aliphatic heterocycles. The van der Waals surface area contributed by atoms with Gasteiger partial charge in [-0.15, -0.1) is 10.2 Å². The molecular weight excluding hydrogens is 294 g/mol. The molecule has 0 spiro atoms. The summed E-state index contributed by atoms with van der Waals surface area (Å²) >= 11 is 0. The van der Waals surface area contributed by atoms with E-state index in [1.54, 1.807) is 6.07 Å². The first-order valence-corrected chi connectivity index (χ1v) is 7.38. The largest absolute Gasteiger partial charge is 0.361 e. The number of carbonyl (C=O) groups is 1. The van der Waals surface area contributed by atoms with Crippen LogP contribution in [0, 0.1) is 6.92 Å². The van der Waals surface area contributed by atoms with E-state index in [1.165, 1.54) is 0 Å². The number of rotatable bonds is 4. The van der Waals surface area contributed by atoms with Crippen LogP contribution in [0.4, 0.5) is 10.6 Å². The molecule has 23 heavy (non-hydrogen) atoms. The van der Waals surface area contributed by atoms with Gasteiger partial charge in [0.25, 0.3) is 0 Å².